The summed E-state index contributed by atoms with van der Waals surface area (Å²) in [6, 6.07) is 3.64. The van der Waals surface area contributed by atoms with Gasteiger partial charge >= 0.3 is 0 Å². The van der Waals surface area contributed by atoms with Gasteiger partial charge in [-0.15, -0.1) is 0 Å². The quantitative estimate of drug-likeness (QED) is 0.168. The predicted molar refractivity (Wildman–Crippen MR) is 118 cm³/mol. The van der Waals surface area contributed by atoms with Crippen molar-refractivity contribution in [2.24, 2.45) is 0 Å². The van der Waals surface area contributed by atoms with E-state index in [0.29, 0.717) is 18.8 Å². The summed E-state index contributed by atoms with van der Waals surface area (Å²) in [7, 11) is 0. The van der Waals surface area contributed by atoms with E-state index in [9.17, 15) is 18.3 Å². The average molecular weight is 532 g/mol. The average Bonchev–Trinajstić information content (AvgIpc) is 3.22. The number of pyridine rings is 1. The Morgan fingerprint density at radius 3 is 2.53 bits per heavy atom. The maximum atomic E-state index is 13.5. The van der Waals surface area contributed by atoms with Crippen LogP contribution in [0, 0.1) is 17.5 Å². The van der Waals surface area contributed by atoms with Gasteiger partial charge < -0.3 is 14.6 Å². The zero-order chi connectivity index (χ0) is 23.1. The molecule has 6 nitrogen and oxygen atoms in total. The summed E-state index contributed by atoms with van der Waals surface area (Å²) < 4.78 is 53.6. The highest BCUT2D eigenvalue weighted by molar-refractivity contribution is 9.10. The van der Waals surface area contributed by atoms with Gasteiger partial charge in [0.25, 0.3) is 0 Å². The van der Waals surface area contributed by atoms with Crippen LogP contribution in [0.5, 0.6) is 0 Å². The second kappa shape index (κ2) is 11.8. The Kier molecular flexibility index (Phi) is 9.11. The number of hydrogen-bond donors (Lipinski definition) is 1. The van der Waals surface area contributed by atoms with Crippen molar-refractivity contribution in [3.63, 3.8) is 0 Å². The van der Waals surface area contributed by atoms with E-state index in [1.54, 1.807) is 12.4 Å². The van der Waals surface area contributed by atoms with Crippen LogP contribution in [0.3, 0.4) is 0 Å². The molecule has 2 aromatic heterocycles. The van der Waals surface area contributed by atoms with Crippen LogP contribution in [0.1, 0.15) is 6.92 Å². The fourth-order valence-electron chi connectivity index (χ4n) is 2.79. The number of halogens is 4. The number of benzene rings is 1. The highest BCUT2D eigenvalue weighted by Gasteiger charge is 2.23. The lowest BCUT2D eigenvalue weighted by atomic mass is 10.1. The van der Waals surface area contributed by atoms with Gasteiger partial charge in [0.15, 0.2) is 17.5 Å². The minimum Gasteiger partial charge on any atom is -0.388 e. The summed E-state index contributed by atoms with van der Waals surface area (Å²) >= 11 is 4.66. The number of aromatic nitrogens is 3. The second-order valence-electron chi connectivity index (χ2n) is 6.67. The summed E-state index contributed by atoms with van der Waals surface area (Å²) in [6.07, 6.45) is 5.23. The van der Waals surface area contributed by atoms with Crippen LogP contribution in [0.25, 0.3) is 11.1 Å². The molecule has 0 aliphatic rings. The zero-order valence-corrected chi connectivity index (χ0v) is 19.5. The molecule has 1 N–H and O–H groups in total. The van der Waals surface area contributed by atoms with Gasteiger partial charge in [0.2, 0.25) is 0 Å². The maximum Gasteiger partial charge on any atom is 0.194 e. The number of aliphatic hydroxyl groups excluding tert-OH is 1. The third-order valence-electron chi connectivity index (χ3n) is 4.28. The molecule has 172 valence electrons. The highest BCUT2D eigenvalue weighted by atomic mass is 79.9. The van der Waals surface area contributed by atoms with Gasteiger partial charge in [-0.25, -0.2) is 13.2 Å². The Morgan fingerprint density at radius 1 is 1.09 bits per heavy atom. The van der Waals surface area contributed by atoms with E-state index < -0.39 is 29.0 Å². The van der Waals surface area contributed by atoms with E-state index in [4.69, 9.17) is 9.47 Å². The fourth-order valence-corrected chi connectivity index (χ4v) is 4.30. The number of aliphatic hydroxyl groups is 1. The second-order valence-corrected chi connectivity index (χ2v) is 8.75. The molecule has 0 radical (unpaired) electrons. The molecule has 32 heavy (non-hydrogen) atoms. The molecule has 0 aliphatic carbocycles. The first-order chi connectivity index (χ1) is 15.4. The van der Waals surface area contributed by atoms with Crippen molar-refractivity contribution in [2.75, 3.05) is 19.8 Å². The fraction of sp³-hybridized carbons (Fsp3) is 0.333. The summed E-state index contributed by atoms with van der Waals surface area (Å²) in [6.45, 7) is 3.15. The van der Waals surface area contributed by atoms with E-state index in [1.165, 1.54) is 28.8 Å². The molecule has 0 fully saturated rings. The van der Waals surface area contributed by atoms with Gasteiger partial charge in [-0.3, -0.25) is 9.67 Å². The molecule has 3 rings (SSSR count). The topological polar surface area (TPSA) is 69.4 Å². The van der Waals surface area contributed by atoms with E-state index in [1.807, 2.05) is 13.0 Å². The van der Waals surface area contributed by atoms with E-state index in [2.05, 4.69) is 26.0 Å². The number of ether oxygens (including phenoxy) is 2. The molecule has 2 atom stereocenters. The SMILES string of the molecule is CCOCCOC(Sc1cncc(Br)c1)[C@@H](O)Cn1cc(-c2cc(F)c(F)c(F)c2)cn1. The zero-order valence-electron chi connectivity index (χ0n) is 17.1. The van der Waals surface area contributed by atoms with Gasteiger partial charge in [0.05, 0.1) is 26.0 Å². The largest absolute Gasteiger partial charge is 0.388 e. The van der Waals surface area contributed by atoms with Gasteiger partial charge in [-0.05, 0) is 46.6 Å². The van der Waals surface area contributed by atoms with E-state index >= 15 is 0 Å². The van der Waals surface area contributed by atoms with Crippen LogP contribution < -0.4 is 0 Å². The molecule has 1 unspecified atom stereocenters. The predicted octanol–water partition coefficient (Wildman–Crippen LogP) is 4.66. The molecule has 0 saturated heterocycles. The van der Waals surface area contributed by atoms with Crippen molar-refractivity contribution >= 4 is 27.7 Å². The Balaban J connectivity index is 1.71. The minimum atomic E-state index is -1.53. The monoisotopic (exact) mass is 531 g/mol. The first-order valence-electron chi connectivity index (χ1n) is 9.69. The van der Waals surface area contributed by atoms with Crippen molar-refractivity contribution in [3.05, 3.63) is 64.9 Å². The van der Waals surface area contributed by atoms with E-state index in [-0.39, 0.29) is 18.7 Å². The summed E-state index contributed by atoms with van der Waals surface area (Å²) in [5.41, 5.74) is -0.131. The van der Waals surface area contributed by atoms with Crippen LogP contribution in [-0.4, -0.2) is 51.2 Å². The Hall–Kier alpha value is -1.92. The number of nitrogens with zero attached hydrogens (tertiary/aromatic N) is 3. The molecule has 0 amide bonds. The van der Waals surface area contributed by atoms with Crippen LogP contribution >= 0.6 is 27.7 Å². The van der Waals surface area contributed by atoms with Crippen LogP contribution in [0.15, 0.2) is 52.4 Å². The molecule has 0 aliphatic heterocycles. The molecule has 11 heteroatoms. The number of rotatable bonds is 11. The Bertz CT molecular complexity index is 1020. The van der Waals surface area contributed by atoms with Gasteiger partial charge in [0, 0.05) is 40.1 Å². The van der Waals surface area contributed by atoms with Crippen LogP contribution in [0.4, 0.5) is 13.2 Å². The van der Waals surface area contributed by atoms with Crippen molar-refractivity contribution in [2.45, 2.75) is 29.9 Å². The third kappa shape index (κ3) is 6.79. The first kappa shape index (κ1) is 24.7. The molecule has 0 spiro atoms. The van der Waals surface area contributed by atoms with Crippen molar-refractivity contribution in [1.29, 1.82) is 0 Å². The van der Waals surface area contributed by atoms with Gasteiger partial charge in [-0.1, -0.05) is 11.8 Å². The molecular weight excluding hydrogens is 511 g/mol. The lowest BCUT2D eigenvalue weighted by Gasteiger charge is -2.23. The van der Waals surface area contributed by atoms with Crippen LogP contribution in [-0.2, 0) is 16.0 Å². The van der Waals surface area contributed by atoms with Gasteiger partial charge in [-0.2, -0.15) is 5.10 Å². The van der Waals surface area contributed by atoms with Crippen molar-refractivity contribution in [1.82, 2.24) is 14.8 Å². The van der Waals surface area contributed by atoms with Crippen molar-refractivity contribution in [3.8, 4) is 11.1 Å². The van der Waals surface area contributed by atoms with Crippen molar-refractivity contribution < 1.29 is 27.8 Å². The molecule has 1 aromatic carbocycles. The summed E-state index contributed by atoms with van der Waals surface area (Å²) in [4.78, 5) is 4.90. The Morgan fingerprint density at radius 2 is 1.84 bits per heavy atom. The maximum absolute atomic E-state index is 13.5. The normalized spacial score (nSPS) is 13.3. The molecule has 0 saturated carbocycles. The van der Waals surface area contributed by atoms with E-state index in [0.717, 1.165) is 21.5 Å². The summed E-state index contributed by atoms with van der Waals surface area (Å²) in [5.74, 6) is -4.09. The van der Waals surface area contributed by atoms with Crippen LogP contribution in [0.2, 0.25) is 0 Å². The molecular formula is C21H21BrF3N3O3S. The lowest BCUT2D eigenvalue weighted by molar-refractivity contribution is -0.0182. The highest BCUT2D eigenvalue weighted by Crippen LogP contribution is 2.29. The number of thioether (sulfide) groups is 1. The first-order valence-corrected chi connectivity index (χ1v) is 11.4. The minimum absolute atomic E-state index is 0.0554. The molecule has 0 bridgehead atoms. The standard InChI is InChI=1S/C21H21BrF3N3O3S/c1-2-30-3-4-31-21(32-16-7-15(22)9-26-10-16)19(29)12-28-11-14(8-27-28)13-5-17(23)20(25)18(24)6-13/h5-11,19,21,29H,2-4,12H2,1H3/t19-,21?/m0/s1. The summed E-state index contributed by atoms with van der Waals surface area (Å²) in [5, 5.41) is 14.9. The third-order valence-corrected chi connectivity index (χ3v) is 5.90. The smallest absolute Gasteiger partial charge is 0.194 e. The van der Waals surface area contributed by atoms with Gasteiger partial charge in [0.1, 0.15) is 11.5 Å². The molecule has 3 aromatic rings. The number of hydrogen-bond acceptors (Lipinski definition) is 6. The Labute approximate surface area is 195 Å². The lowest BCUT2D eigenvalue weighted by Crippen LogP contribution is -2.31. The molecule has 2 heterocycles.